The second kappa shape index (κ2) is 7.29. The van der Waals surface area contributed by atoms with Gasteiger partial charge in [0.15, 0.2) is 0 Å². The summed E-state index contributed by atoms with van der Waals surface area (Å²) in [4.78, 5) is 12.9. The first kappa shape index (κ1) is 16.5. The lowest BCUT2D eigenvalue weighted by Crippen LogP contribution is -2.38. The highest BCUT2D eigenvalue weighted by Gasteiger charge is 2.11. The van der Waals surface area contributed by atoms with Crippen LogP contribution in [-0.4, -0.2) is 38.1 Å². The molecule has 1 atom stereocenters. The average Bonchev–Trinajstić information content (AvgIpc) is 2.32. The van der Waals surface area contributed by atoms with Crippen molar-refractivity contribution in [1.82, 2.24) is 15.5 Å². The lowest BCUT2D eigenvalue weighted by molar-refractivity contribution is 0.217. The highest BCUT2D eigenvalue weighted by atomic mass is 16.2. The molecule has 1 unspecified atom stereocenters. The molecule has 0 spiro atoms. The van der Waals surface area contributed by atoms with Gasteiger partial charge >= 0.3 is 6.03 Å². The molecule has 112 valence electrons. The Bertz CT molecular complexity index is 446. The number of benzene rings is 1. The molecular formula is C16H27N3O. The smallest absolute Gasteiger partial charge is 0.316 e. The molecule has 0 fully saturated rings. The monoisotopic (exact) mass is 277 g/mol. The van der Waals surface area contributed by atoms with E-state index >= 15 is 0 Å². The van der Waals surface area contributed by atoms with Gasteiger partial charge in [-0.05, 0) is 44.4 Å². The van der Waals surface area contributed by atoms with E-state index < -0.39 is 0 Å². The van der Waals surface area contributed by atoms with Gasteiger partial charge in [-0.2, -0.15) is 0 Å². The summed E-state index contributed by atoms with van der Waals surface area (Å²) in [5.41, 5.74) is 5.29. The zero-order valence-corrected chi connectivity index (χ0v) is 13.5. The van der Waals surface area contributed by atoms with Gasteiger partial charge in [0.25, 0.3) is 0 Å². The molecule has 0 heterocycles. The second-order valence-electron chi connectivity index (χ2n) is 5.61. The number of amides is 2. The third-order valence-electron chi connectivity index (χ3n) is 3.43. The van der Waals surface area contributed by atoms with Gasteiger partial charge in [0.1, 0.15) is 0 Å². The summed E-state index contributed by atoms with van der Waals surface area (Å²) in [5, 5.41) is 6.31. The van der Waals surface area contributed by atoms with Crippen LogP contribution in [0.1, 0.15) is 35.2 Å². The number of nitrogens with one attached hydrogen (secondary N) is 2. The van der Waals surface area contributed by atoms with Gasteiger partial charge in [0.2, 0.25) is 0 Å². The summed E-state index contributed by atoms with van der Waals surface area (Å²) in [7, 11) is 3.48. The fourth-order valence-corrected chi connectivity index (χ4v) is 2.59. The van der Waals surface area contributed by atoms with Crippen molar-refractivity contribution in [1.29, 1.82) is 0 Å². The maximum atomic E-state index is 11.4. The van der Waals surface area contributed by atoms with E-state index in [9.17, 15) is 4.79 Å². The van der Waals surface area contributed by atoms with Crippen molar-refractivity contribution in [3.8, 4) is 0 Å². The van der Waals surface area contributed by atoms with E-state index in [4.69, 9.17) is 0 Å². The van der Waals surface area contributed by atoms with Crippen molar-refractivity contribution in [2.45, 2.75) is 33.7 Å². The molecule has 1 aromatic carbocycles. The van der Waals surface area contributed by atoms with Gasteiger partial charge in [0.05, 0.1) is 0 Å². The molecule has 1 aromatic rings. The minimum Gasteiger partial charge on any atom is -0.337 e. The van der Waals surface area contributed by atoms with Gasteiger partial charge in [-0.15, -0.1) is 0 Å². The number of aryl methyl sites for hydroxylation is 3. The van der Waals surface area contributed by atoms with E-state index in [1.165, 1.54) is 27.2 Å². The van der Waals surface area contributed by atoms with Crippen molar-refractivity contribution < 1.29 is 4.79 Å². The fourth-order valence-electron chi connectivity index (χ4n) is 2.59. The van der Waals surface area contributed by atoms with Crippen LogP contribution in [0, 0.1) is 20.8 Å². The van der Waals surface area contributed by atoms with Crippen molar-refractivity contribution >= 4 is 6.03 Å². The molecule has 0 bridgehead atoms. The molecule has 4 heteroatoms. The molecule has 0 saturated heterocycles. The van der Waals surface area contributed by atoms with Crippen LogP contribution in [0.3, 0.4) is 0 Å². The number of carbonyl (C=O) groups excluding carboxylic acids is 1. The topological polar surface area (TPSA) is 44.4 Å². The molecule has 2 amide bonds. The predicted molar refractivity (Wildman–Crippen MR) is 84.2 cm³/mol. The number of hydrogen-bond acceptors (Lipinski definition) is 2. The fraction of sp³-hybridized carbons (Fsp3) is 0.562. The Kier molecular flexibility index (Phi) is 6.02. The first-order valence-corrected chi connectivity index (χ1v) is 7.09. The third-order valence-corrected chi connectivity index (χ3v) is 3.43. The van der Waals surface area contributed by atoms with Crippen LogP contribution in [0.15, 0.2) is 12.1 Å². The molecule has 2 N–H and O–H groups in total. The largest absolute Gasteiger partial charge is 0.337 e. The summed E-state index contributed by atoms with van der Waals surface area (Å²) >= 11 is 0. The van der Waals surface area contributed by atoms with Gasteiger partial charge in [-0.1, -0.05) is 17.7 Å². The number of hydrogen-bond donors (Lipinski definition) is 2. The molecule has 0 aromatic heterocycles. The standard InChI is InChI=1S/C16H27N3O/c1-11-9-12(2)15(13(3)10-11)14(4)17-7-8-18-16(20)19(5)6/h9-10,14,17H,7-8H2,1-6H3,(H,18,20). The van der Waals surface area contributed by atoms with E-state index in [1.807, 2.05) is 0 Å². The summed E-state index contributed by atoms with van der Waals surface area (Å²) < 4.78 is 0. The number of carbonyl (C=O) groups is 1. The van der Waals surface area contributed by atoms with Crippen molar-refractivity contribution in [2.75, 3.05) is 27.2 Å². The van der Waals surface area contributed by atoms with E-state index in [1.54, 1.807) is 14.1 Å². The molecule has 1 rings (SSSR count). The number of nitrogens with zero attached hydrogens (tertiary/aromatic N) is 1. The van der Waals surface area contributed by atoms with E-state index in [-0.39, 0.29) is 12.1 Å². The third kappa shape index (κ3) is 4.53. The molecule has 20 heavy (non-hydrogen) atoms. The van der Waals surface area contributed by atoms with Crippen molar-refractivity contribution in [3.05, 3.63) is 34.4 Å². The quantitative estimate of drug-likeness (QED) is 0.812. The summed E-state index contributed by atoms with van der Waals surface area (Å²) in [5.74, 6) is 0. The summed E-state index contributed by atoms with van der Waals surface area (Å²) in [6.07, 6.45) is 0. The highest BCUT2D eigenvalue weighted by Crippen LogP contribution is 2.22. The van der Waals surface area contributed by atoms with Gasteiger partial charge in [-0.25, -0.2) is 4.79 Å². The summed E-state index contributed by atoms with van der Waals surface area (Å²) in [6, 6.07) is 4.66. The van der Waals surface area contributed by atoms with E-state index in [0.717, 1.165) is 6.54 Å². The van der Waals surface area contributed by atoms with Crippen LogP contribution < -0.4 is 10.6 Å². The minimum atomic E-state index is -0.0536. The molecule has 0 aliphatic heterocycles. The van der Waals surface area contributed by atoms with Crippen LogP contribution in [0.2, 0.25) is 0 Å². The zero-order valence-electron chi connectivity index (χ0n) is 13.5. The van der Waals surface area contributed by atoms with Crippen LogP contribution in [-0.2, 0) is 0 Å². The highest BCUT2D eigenvalue weighted by molar-refractivity contribution is 5.73. The van der Waals surface area contributed by atoms with Crippen LogP contribution in [0.5, 0.6) is 0 Å². The molecule has 0 aliphatic rings. The Morgan fingerprint density at radius 1 is 1.15 bits per heavy atom. The van der Waals surface area contributed by atoms with E-state index in [2.05, 4.69) is 50.5 Å². The van der Waals surface area contributed by atoms with Gasteiger partial charge in [-0.3, -0.25) is 0 Å². The minimum absolute atomic E-state index is 0.0536. The van der Waals surface area contributed by atoms with Gasteiger partial charge in [0, 0.05) is 33.2 Å². The van der Waals surface area contributed by atoms with Crippen LogP contribution in [0.4, 0.5) is 4.79 Å². The van der Waals surface area contributed by atoms with Crippen molar-refractivity contribution in [2.24, 2.45) is 0 Å². The predicted octanol–water partition coefficient (Wildman–Crippen LogP) is 2.53. The van der Waals surface area contributed by atoms with Gasteiger partial charge < -0.3 is 15.5 Å². The first-order valence-electron chi connectivity index (χ1n) is 7.09. The van der Waals surface area contributed by atoms with Crippen molar-refractivity contribution in [3.63, 3.8) is 0 Å². The SMILES string of the molecule is Cc1cc(C)c(C(C)NCCNC(=O)N(C)C)c(C)c1. The first-order chi connectivity index (χ1) is 9.32. The number of urea groups is 1. The normalized spacial score (nSPS) is 12.1. The Labute approximate surface area is 122 Å². The molecule has 0 radical (unpaired) electrons. The lowest BCUT2D eigenvalue weighted by Gasteiger charge is -2.20. The van der Waals surface area contributed by atoms with Crippen LogP contribution in [0.25, 0.3) is 0 Å². The van der Waals surface area contributed by atoms with E-state index in [0.29, 0.717) is 6.54 Å². The summed E-state index contributed by atoms with van der Waals surface area (Å²) in [6.45, 7) is 9.98. The zero-order chi connectivity index (χ0) is 15.3. The molecular weight excluding hydrogens is 250 g/mol. The average molecular weight is 277 g/mol. The molecule has 0 saturated carbocycles. The Morgan fingerprint density at radius 2 is 1.70 bits per heavy atom. The maximum absolute atomic E-state index is 11.4. The van der Waals surface area contributed by atoms with Crippen LogP contribution >= 0.6 is 0 Å². The molecule has 0 aliphatic carbocycles. The lowest BCUT2D eigenvalue weighted by atomic mass is 9.95. The Morgan fingerprint density at radius 3 is 2.20 bits per heavy atom. The maximum Gasteiger partial charge on any atom is 0.316 e. The number of rotatable bonds is 5. The molecule has 4 nitrogen and oxygen atoms in total. The second-order valence-corrected chi connectivity index (χ2v) is 5.61. The Balaban J connectivity index is 2.52. The Hall–Kier alpha value is -1.55.